The van der Waals surface area contributed by atoms with Crippen LogP contribution >= 0.6 is 8.25 Å². The predicted octanol–water partition coefficient (Wildman–Crippen LogP) is 1.20. The summed E-state index contributed by atoms with van der Waals surface area (Å²) in [6.07, 6.45) is 0. The standard InChI is InChI=1S/C5H9O4P/c1-5(2)3-8-4-9-10(6)7/h1,3-4H2,2H3/p+1. The topological polar surface area (TPSA) is 55.8 Å². The van der Waals surface area contributed by atoms with Crippen LogP contribution < -0.4 is 0 Å². The van der Waals surface area contributed by atoms with Crippen molar-refractivity contribution in [2.75, 3.05) is 13.4 Å². The summed E-state index contributed by atoms with van der Waals surface area (Å²) in [5.41, 5.74) is 0.844. The fraction of sp³-hybridized carbons (Fsp3) is 0.600. The normalized spacial score (nSPS) is 11.2. The highest BCUT2D eigenvalue weighted by Gasteiger charge is 2.10. The Morgan fingerprint density at radius 1 is 1.80 bits per heavy atom. The molecule has 0 saturated carbocycles. The Morgan fingerprint density at radius 3 is 2.80 bits per heavy atom. The van der Waals surface area contributed by atoms with E-state index in [2.05, 4.69) is 11.1 Å². The predicted molar refractivity (Wildman–Crippen MR) is 36.5 cm³/mol. The van der Waals surface area contributed by atoms with Crippen LogP contribution in [0.3, 0.4) is 0 Å². The molecule has 0 saturated heterocycles. The van der Waals surface area contributed by atoms with Gasteiger partial charge in [0, 0.05) is 4.57 Å². The minimum absolute atomic E-state index is 0.168. The summed E-state index contributed by atoms with van der Waals surface area (Å²) in [7, 11) is -2.54. The molecule has 1 N–H and O–H groups in total. The molecule has 0 aliphatic rings. The molecule has 0 rings (SSSR count). The van der Waals surface area contributed by atoms with Crippen molar-refractivity contribution >= 4 is 8.25 Å². The van der Waals surface area contributed by atoms with Crippen LogP contribution in [0.4, 0.5) is 0 Å². The lowest BCUT2D eigenvalue weighted by Crippen LogP contribution is -1.97. The zero-order valence-electron chi connectivity index (χ0n) is 5.74. The molecule has 0 aliphatic heterocycles. The van der Waals surface area contributed by atoms with E-state index >= 15 is 0 Å². The van der Waals surface area contributed by atoms with E-state index in [-0.39, 0.29) is 6.79 Å². The van der Waals surface area contributed by atoms with E-state index in [1.165, 1.54) is 0 Å². The highest BCUT2D eigenvalue weighted by Crippen LogP contribution is 2.13. The van der Waals surface area contributed by atoms with Gasteiger partial charge in [0.15, 0.2) is 0 Å². The first-order valence-electron chi connectivity index (χ1n) is 2.64. The second kappa shape index (κ2) is 5.50. The molecule has 0 aromatic carbocycles. The maximum Gasteiger partial charge on any atom is 0.697 e. The Kier molecular flexibility index (Phi) is 5.35. The lowest BCUT2D eigenvalue weighted by molar-refractivity contribution is 0.0259. The van der Waals surface area contributed by atoms with Crippen LogP contribution in [0.1, 0.15) is 6.92 Å². The molecule has 1 atom stereocenters. The molecule has 0 aromatic rings. The van der Waals surface area contributed by atoms with Gasteiger partial charge >= 0.3 is 8.25 Å². The summed E-state index contributed by atoms with van der Waals surface area (Å²) in [5.74, 6) is 0. The summed E-state index contributed by atoms with van der Waals surface area (Å²) < 4.78 is 18.8. The van der Waals surface area contributed by atoms with Gasteiger partial charge in [-0.1, -0.05) is 16.7 Å². The third kappa shape index (κ3) is 7.72. The van der Waals surface area contributed by atoms with Crippen LogP contribution in [-0.4, -0.2) is 18.3 Å². The van der Waals surface area contributed by atoms with Crippen molar-refractivity contribution in [2.45, 2.75) is 6.92 Å². The van der Waals surface area contributed by atoms with E-state index in [4.69, 9.17) is 9.63 Å². The van der Waals surface area contributed by atoms with Crippen molar-refractivity contribution in [1.82, 2.24) is 0 Å². The van der Waals surface area contributed by atoms with E-state index < -0.39 is 8.25 Å². The van der Waals surface area contributed by atoms with E-state index in [9.17, 15) is 4.57 Å². The average Bonchev–Trinajstić information content (AvgIpc) is 1.79. The van der Waals surface area contributed by atoms with Crippen LogP contribution in [0.5, 0.6) is 0 Å². The summed E-state index contributed by atoms with van der Waals surface area (Å²) in [6, 6.07) is 0. The lowest BCUT2D eigenvalue weighted by atomic mass is 10.4. The third-order valence-corrected chi connectivity index (χ3v) is 0.921. The zero-order chi connectivity index (χ0) is 7.98. The largest absolute Gasteiger partial charge is 0.697 e. The first-order chi connectivity index (χ1) is 4.63. The van der Waals surface area contributed by atoms with Gasteiger partial charge in [0.2, 0.25) is 6.79 Å². The molecule has 0 heterocycles. The minimum atomic E-state index is -2.54. The molecule has 0 aliphatic carbocycles. The molecule has 0 spiro atoms. The van der Waals surface area contributed by atoms with Crippen LogP contribution in [-0.2, 0) is 13.8 Å². The third-order valence-electron chi connectivity index (χ3n) is 0.595. The lowest BCUT2D eigenvalue weighted by Gasteiger charge is -1.95. The van der Waals surface area contributed by atoms with Crippen molar-refractivity contribution < 1.29 is 18.7 Å². The maximum atomic E-state index is 9.87. The van der Waals surface area contributed by atoms with Crippen LogP contribution in [0.15, 0.2) is 12.2 Å². The van der Waals surface area contributed by atoms with Crippen molar-refractivity contribution in [3.8, 4) is 0 Å². The van der Waals surface area contributed by atoms with Crippen molar-refractivity contribution in [2.24, 2.45) is 0 Å². The molecular formula is C5H10O4P+. The average molecular weight is 165 g/mol. The highest BCUT2D eigenvalue weighted by molar-refractivity contribution is 7.32. The second-order valence-corrected chi connectivity index (χ2v) is 2.52. The zero-order valence-corrected chi connectivity index (χ0v) is 6.63. The number of ether oxygens (including phenoxy) is 1. The Balaban J connectivity index is 3.06. The van der Waals surface area contributed by atoms with Gasteiger partial charge in [0.1, 0.15) is 0 Å². The molecule has 4 nitrogen and oxygen atoms in total. The fourth-order valence-electron chi connectivity index (χ4n) is 0.298. The number of hydrogen-bond acceptors (Lipinski definition) is 3. The molecule has 0 aromatic heterocycles. The molecule has 0 fully saturated rings. The Labute approximate surface area is 60.4 Å². The summed E-state index contributed by atoms with van der Waals surface area (Å²) >= 11 is 0. The van der Waals surface area contributed by atoms with E-state index in [1.807, 2.05) is 0 Å². The Bertz CT molecular complexity index is 118. The molecule has 1 unspecified atom stereocenters. The second-order valence-electron chi connectivity index (χ2n) is 1.79. The van der Waals surface area contributed by atoms with Gasteiger partial charge in [0.25, 0.3) is 0 Å². The van der Waals surface area contributed by atoms with E-state index in [0.717, 1.165) is 5.57 Å². The molecule has 5 heteroatoms. The van der Waals surface area contributed by atoms with Gasteiger partial charge in [-0.3, -0.25) is 0 Å². The number of hydrogen-bond donors (Lipinski definition) is 1. The molecule has 10 heavy (non-hydrogen) atoms. The van der Waals surface area contributed by atoms with Crippen molar-refractivity contribution in [3.63, 3.8) is 0 Å². The van der Waals surface area contributed by atoms with Gasteiger partial charge < -0.3 is 4.74 Å². The van der Waals surface area contributed by atoms with Gasteiger partial charge in [-0.05, 0) is 6.92 Å². The summed E-state index contributed by atoms with van der Waals surface area (Å²) in [6.45, 7) is 5.53. The fourth-order valence-corrected chi connectivity index (χ4v) is 0.463. The van der Waals surface area contributed by atoms with Gasteiger partial charge in [-0.15, -0.1) is 4.89 Å². The van der Waals surface area contributed by atoms with Crippen molar-refractivity contribution in [1.29, 1.82) is 0 Å². The van der Waals surface area contributed by atoms with E-state index in [0.29, 0.717) is 6.61 Å². The van der Waals surface area contributed by atoms with Crippen molar-refractivity contribution in [3.05, 3.63) is 12.2 Å². The quantitative estimate of drug-likeness (QED) is 0.288. The first-order valence-corrected chi connectivity index (χ1v) is 3.77. The Hall–Kier alpha value is -0.280. The molecule has 0 radical (unpaired) electrons. The van der Waals surface area contributed by atoms with Crippen LogP contribution in [0.25, 0.3) is 0 Å². The highest BCUT2D eigenvalue weighted by atomic mass is 31.1. The SMILES string of the molecule is C=C(C)COCO[P+](=O)O. The maximum absolute atomic E-state index is 9.87. The summed E-state index contributed by atoms with van der Waals surface area (Å²) in [4.78, 5) is 8.10. The smallest absolute Gasteiger partial charge is 0.346 e. The number of rotatable bonds is 5. The van der Waals surface area contributed by atoms with Gasteiger partial charge in [-0.2, -0.15) is 0 Å². The summed E-state index contributed by atoms with van der Waals surface area (Å²) in [5, 5.41) is 0. The molecule has 0 amide bonds. The van der Waals surface area contributed by atoms with Crippen LogP contribution in [0.2, 0.25) is 0 Å². The Morgan fingerprint density at radius 2 is 2.40 bits per heavy atom. The molecular weight excluding hydrogens is 155 g/mol. The first kappa shape index (κ1) is 9.72. The van der Waals surface area contributed by atoms with Gasteiger partial charge in [-0.25, -0.2) is 0 Å². The van der Waals surface area contributed by atoms with E-state index in [1.54, 1.807) is 6.92 Å². The van der Waals surface area contributed by atoms with Gasteiger partial charge in [0.05, 0.1) is 6.61 Å². The molecule has 58 valence electrons. The van der Waals surface area contributed by atoms with Crippen LogP contribution in [0, 0.1) is 0 Å². The monoisotopic (exact) mass is 165 g/mol. The molecule has 0 bridgehead atoms. The minimum Gasteiger partial charge on any atom is -0.346 e.